The van der Waals surface area contributed by atoms with Crippen LogP contribution >= 0.6 is 0 Å². The summed E-state index contributed by atoms with van der Waals surface area (Å²) in [6, 6.07) is 13.2. The summed E-state index contributed by atoms with van der Waals surface area (Å²) < 4.78 is 0. The van der Waals surface area contributed by atoms with E-state index in [1.807, 2.05) is 6.79 Å². The van der Waals surface area contributed by atoms with Gasteiger partial charge in [0.1, 0.15) is 6.79 Å². The Labute approximate surface area is 83.4 Å². The summed E-state index contributed by atoms with van der Waals surface area (Å²) in [5, 5.41) is 2.92. The van der Waals surface area contributed by atoms with E-state index in [4.69, 9.17) is 4.79 Å². The zero-order chi connectivity index (χ0) is 9.97. The van der Waals surface area contributed by atoms with Gasteiger partial charge in [-0.15, -0.1) is 0 Å². The van der Waals surface area contributed by atoms with Gasteiger partial charge in [-0.05, 0) is 34.7 Å². The van der Waals surface area contributed by atoms with Crippen molar-refractivity contribution in [3.05, 3.63) is 47.5 Å². The van der Waals surface area contributed by atoms with Crippen LogP contribution in [-0.2, 0) is 17.6 Å². The number of rotatable bonds is 0. The van der Waals surface area contributed by atoms with E-state index in [1.165, 1.54) is 34.7 Å². The molecule has 2 aromatic carbocycles. The van der Waals surface area contributed by atoms with Gasteiger partial charge < -0.3 is 4.79 Å². The van der Waals surface area contributed by atoms with Crippen LogP contribution in [0.2, 0.25) is 0 Å². The highest BCUT2D eigenvalue weighted by Gasteiger charge is 2.11. The van der Waals surface area contributed by atoms with Crippen molar-refractivity contribution in [2.75, 3.05) is 0 Å². The lowest BCUT2D eigenvalue weighted by atomic mass is 10.1. The normalized spacial score (nSPS) is 12.3. The number of carbonyl (C=O) groups excluding carboxylic acids is 1. The number of hydrogen-bond acceptors (Lipinski definition) is 1. The summed E-state index contributed by atoms with van der Waals surface area (Å²) in [6.45, 7) is 2.00. The van der Waals surface area contributed by atoms with Crippen molar-refractivity contribution < 1.29 is 4.79 Å². The standard InChI is InChI=1S/C12H10.CH2O/c1-3-9-4-2-6-11-8-7-10(5-1)12(9)11;1-2/h1-6H,7-8H2;1H2. The van der Waals surface area contributed by atoms with Gasteiger partial charge in [0, 0.05) is 0 Å². The molecule has 1 aliphatic carbocycles. The summed E-state index contributed by atoms with van der Waals surface area (Å²) in [4.78, 5) is 8.00. The molecule has 2 aromatic rings. The van der Waals surface area contributed by atoms with Gasteiger partial charge in [-0.2, -0.15) is 0 Å². The first kappa shape index (κ1) is 8.95. The van der Waals surface area contributed by atoms with E-state index in [0.717, 1.165) is 0 Å². The van der Waals surface area contributed by atoms with Crippen molar-refractivity contribution >= 4 is 17.6 Å². The summed E-state index contributed by atoms with van der Waals surface area (Å²) in [5.74, 6) is 0. The molecule has 3 rings (SSSR count). The summed E-state index contributed by atoms with van der Waals surface area (Å²) in [5.41, 5.74) is 3.06. The summed E-state index contributed by atoms with van der Waals surface area (Å²) in [6.07, 6.45) is 2.47. The van der Waals surface area contributed by atoms with Crippen LogP contribution in [0.25, 0.3) is 10.8 Å². The highest BCUT2D eigenvalue weighted by Crippen LogP contribution is 2.29. The zero-order valence-corrected chi connectivity index (χ0v) is 7.99. The quantitative estimate of drug-likeness (QED) is 0.615. The van der Waals surface area contributed by atoms with Crippen LogP contribution in [-0.4, -0.2) is 6.79 Å². The fourth-order valence-corrected chi connectivity index (χ4v) is 2.19. The van der Waals surface area contributed by atoms with Gasteiger partial charge in [0.15, 0.2) is 0 Å². The molecule has 0 spiro atoms. The van der Waals surface area contributed by atoms with Crippen LogP contribution in [0, 0.1) is 0 Å². The Hall–Kier alpha value is -1.63. The van der Waals surface area contributed by atoms with Gasteiger partial charge >= 0.3 is 0 Å². The molecular formula is C13H12O. The number of aryl methyl sites for hydroxylation is 2. The second-order valence-electron chi connectivity index (χ2n) is 3.43. The van der Waals surface area contributed by atoms with E-state index >= 15 is 0 Å². The molecule has 70 valence electrons. The highest BCUT2D eigenvalue weighted by molar-refractivity contribution is 5.90. The third-order valence-electron chi connectivity index (χ3n) is 2.74. The fourth-order valence-electron chi connectivity index (χ4n) is 2.19. The van der Waals surface area contributed by atoms with Crippen molar-refractivity contribution in [1.82, 2.24) is 0 Å². The minimum absolute atomic E-state index is 1.23. The van der Waals surface area contributed by atoms with Gasteiger partial charge in [0.05, 0.1) is 0 Å². The van der Waals surface area contributed by atoms with Gasteiger partial charge in [0.25, 0.3) is 0 Å². The topological polar surface area (TPSA) is 17.1 Å². The molecule has 0 saturated heterocycles. The fraction of sp³-hybridized carbons (Fsp3) is 0.154. The highest BCUT2D eigenvalue weighted by atomic mass is 16.1. The maximum absolute atomic E-state index is 8.00. The lowest BCUT2D eigenvalue weighted by Gasteiger charge is -1.99. The Bertz CT molecular complexity index is 421. The van der Waals surface area contributed by atoms with Crippen molar-refractivity contribution in [2.24, 2.45) is 0 Å². The zero-order valence-electron chi connectivity index (χ0n) is 7.99. The Balaban J connectivity index is 0.000000354. The van der Waals surface area contributed by atoms with Gasteiger partial charge in [-0.25, -0.2) is 0 Å². The minimum Gasteiger partial charge on any atom is -0.307 e. The smallest absolute Gasteiger partial charge is 0.106 e. The Morgan fingerprint density at radius 2 is 1.36 bits per heavy atom. The first-order chi connectivity index (χ1) is 6.95. The van der Waals surface area contributed by atoms with Crippen LogP contribution in [0.15, 0.2) is 36.4 Å². The predicted octanol–water partition coefficient (Wildman–Crippen LogP) is 2.75. The largest absolute Gasteiger partial charge is 0.307 e. The molecule has 0 saturated carbocycles. The van der Waals surface area contributed by atoms with E-state index in [0.29, 0.717) is 0 Å². The molecule has 14 heavy (non-hydrogen) atoms. The predicted molar refractivity (Wildman–Crippen MR) is 58.5 cm³/mol. The maximum atomic E-state index is 8.00. The summed E-state index contributed by atoms with van der Waals surface area (Å²) in [7, 11) is 0. The van der Waals surface area contributed by atoms with Crippen LogP contribution in [0.4, 0.5) is 0 Å². The molecule has 1 nitrogen and oxygen atoms in total. The van der Waals surface area contributed by atoms with Crippen LogP contribution in [0.3, 0.4) is 0 Å². The first-order valence-electron chi connectivity index (χ1n) is 4.73. The Morgan fingerprint density at radius 1 is 0.857 bits per heavy atom. The molecule has 0 aromatic heterocycles. The number of benzene rings is 2. The second kappa shape index (κ2) is 3.62. The van der Waals surface area contributed by atoms with Crippen LogP contribution in [0.5, 0.6) is 0 Å². The second-order valence-corrected chi connectivity index (χ2v) is 3.43. The first-order valence-corrected chi connectivity index (χ1v) is 4.73. The number of hydrogen-bond donors (Lipinski definition) is 0. The minimum atomic E-state index is 1.23. The molecule has 0 amide bonds. The molecule has 0 unspecified atom stereocenters. The number of carbonyl (C=O) groups is 1. The molecule has 1 heteroatoms. The van der Waals surface area contributed by atoms with E-state index < -0.39 is 0 Å². The van der Waals surface area contributed by atoms with Crippen molar-refractivity contribution in [3.8, 4) is 0 Å². The molecule has 0 N–H and O–H groups in total. The molecule has 1 aliphatic rings. The van der Waals surface area contributed by atoms with Crippen LogP contribution in [0.1, 0.15) is 11.1 Å². The Morgan fingerprint density at radius 3 is 1.86 bits per heavy atom. The molecule has 0 heterocycles. The monoisotopic (exact) mass is 184 g/mol. The average Bonchev–Trinajstić information content (AvgIpc) is 2.68. The third kappa shape index (κ3) is 1.22. The Kier molecular flexibility index (Phi) is 2.32. The van der Waals surface area contributed by atoms with Crippen molar-refractivity contribution in [3.63, 3.8) is 0 Å². The van der Waals surface area contributed by atoms with E-state index in [2.05, 4.69) is 36.4 Å². The molecule has 0 bridgehead atoms. The van der Waals surface area contributed by atoms with E-state index in [-0.39, 0.29) is 0 Å². The van der Waals surface area contributed by atoms with E-state index in [1.54, 1.807) is 0 Å². The SMILES string of the molecule is C=O.c1cc2c3c(cccc3c1)CC2. The third-order valence-corrected chi connectivity index (χ3v) is 2.74. The van der Waals surface area contributed by atoms with Crippen molar-refractivity contribution in [1.29, 1.82) is 0 Å². The lowest BCUT2D eigenvalue weighted by Crippen LogP contribution is -1.76. The molecule has 0 fully saturated rings. The molecule has 0 radical (unpaired) electrons. The average molecular weight is 184 g/mol. The molecular weight excluding hydrogens is 172 g/mol. The maximum Gasteiger partial charge on any atom is 0.106 e. The van der Waals surface area contributed by atoms with E-state index in [9.17, 15) is 0 Å². The summed E-state index contributed by atoms with van der Waals surface area (Å²) >= 11 is 0. The van der Waals surface area contributed by atoms with Gasteiger partial charge in [-0.1, -0.05) is 36.4 Å². The lowest BCUT2D eigenvalue weighted by molar-refractivity contribution is -0.0979. The van der Waals surface area contributed by atoms with Gasteiger partial charge in [-0.3, -0.25) is 0 Å². The van der Waals surface area contributed by atoms with Crippen molar-refractivity contribution in [2.45, 2.75) is 12.8 Å². The van der Waals surface area contributed by atoms with Gasteiger partial charge in [0.2, 0.25) is 0 Å². The molecule has 0 aliphatic heterocycles. The molecule has 0 atom stereocenters. The van der Waals surface area contributed by atoms with Crippen LogP contribution < -0.4 is 0 Å².